The first kappa shape index (κ1) is 17.6. The van der Waals surface area contributed by atoms with Gasteiger partial charge in [-0.1, -0.05) is 6.07 Å². The number of hydrogen-bond donors (Lipinski definition) is 3. The average molecular weight is 198 g/mol. The molecule has 0 fully saturated rings. The molecule has 1 rings (SSSR count). The van der Waals surface area contributed by atoms with E-state index in [9.17, 15) is 0 Å². The van der Waals surface area contributed by atoms with Crippen LogP contribution in [-0.2, 0) is 6.61 Å². The van der Waals surface area contributed by atoms with Crippen LogP contribution in [0, 0.1) is 0 Å². The van der Waals surface area contributed by atoms with E-state index in [1.54, 1.807) is 18.2 Å². The Kier molecular flexibility index (Phi) is 9.79. The van der Waals surface area contributed by atoms with Crippen LogP contribution in [0.4, 0.5) is 25.5 Å². The molecule has 0 saturated carbocycles. The van der Waals surface area contributed by atoms with Crippen LogP contribution in [0.25, 0.3) is 0 Å². The molecule has 0 aromatic heterocycles. The van der Waals surface area contributed by atoms with Crippen molar-refractivity contribution >= 4 is 11.4 Å². The second kappa shape index (κ2) is 7.23. The lowest BCUT2D eigenvalue weighted by molar-refractivity contribution is 0.282. The number of nitrogen functional groups attached to an aromatic ring is 2. The number of aliphatic hydroxyl groups is 1. The SMILES string of the molecule is F.F.F.Nc1ccc(CO)cc1N. The Labute approximate surface area is 73.5 Å². The maximum atomic E-state index is 8.66. The van der Waals surface area contributed by atoms with E-state index in [0.29, 0.717) is 11.4 Å². The molecule has 0 atom stereocenters. The highest BCUT2D eigenvalue weighted by atomic mass is 19.0. The van der Waals surface area contributed by atoms with Crippen molar-refractivity contribution in [3.8, 4) is 0 Å². The minimum absolute atomic E-state index is 0. The molecule has 3 nitrogen and oxygen atoms in total. The Bertz CT molecular complexity index is 245. The van der Waals surface area contributed by atoms with Crippen molar-refractivity contribution in [3.05, 3.63) is 23.8 Å². The van der Waals surface area contributed by atoms with Crippen molar-refractivity contribution < 1.29 is 19.2 Å². The van der Waals surface area contributed by atoms with Gasteiger partial charge in [-0.05, 0) is 17.7 Å². The molecular formula is C7H13F3N2O. The van der Waals surface area contributed by atoms with Gasteiger partial charge in [0.1, 0.15) is 0 Å². The van der Waals surface area contributed by atoms with Crippen LogP contribution >= 0.6 is 0 Å². The molecule has 0 radical (unpaired) electrons. The topological polar surface area (TPSA) is 72.3 Å². The minimum Gasteiger partial charge on any atom is -0.397 e. The van der Waals surface area contributed by atoms with Crippen molar-refractivity contribution in [2.24, 2.45) is 0 Å². The van der Waals surface area contributed by atoms with Gasteiger partial charge in [0, 0.05) is 0 Å². The Balaban J connectivity index is -0.000000333. The van der Waals surface area contributed by atoms with Gasteiger partial charge in [0.25, 0.3) is 0 Å². The molecule has 0 spiro atoms. The lowest BCUT2D eigenvalue weighted by atomic mass is 10.2. The Morgan fingerprint density at radius 3 is 1.92 bits per heavy atom. The van der Waals surface area contributed by atoms with E-state index in [4.69, 9.17) is 16.6 Å². The summed E-state index contributed by atoms with van der Waals surface area (Å²) in [4.78, 5) is 0. The molecule has 78 valence electrons. The molecule has 13 heavy (non-hydrogen) atoms. The summed E-state index contributed by atoms with van der Waals surface area (Å²) in [5, 5.41) is 8.66. The van der Waals surface area contributed by atoms with E-state index in [-0.39, 0.29) is 20.7 Å². The Morgan fingerprint density at radius 2 is 1.54 bits per heavy atom. The van der Waals surface area contributed by atoms with Gasteiger partial charge < -0.3 is 16.6 Å². The quantitative estimate of drug-likeness (QED) is 0.584. The largest absolute Gasteiger partial charge is 0.397 e. The van der Waals surface area contributed by atoms with Crippen LogP contribution in [0.15, 0.2) is 18.2 Å². The lowest BCUT2D eigenvalue weighted by Crippen LogP contribution is -1.95. The minimum atomic E-state index is 0. The fourth-order valence-electron chi connectivity index (χ4n) is 0.723. The summed E-state index contributed by atoms with van der Waals surface area (Å²) in [6.07, 6.45) is 0. The van der Waals surface area contributed by atoms with Gasteiger partial charge in [0.05, 0.1) is 18.0 Å². The predicted octanol–water partition coefficient (Wildman–Crippen LogP) is 0.801. The monoisotopic (exact) mass is 198 g/mol. The summed E-state index contributed by atoms with van der Waals surface area (Å²) in [7, 11) is 0. The normalized spacial score (nSPS) is 7.46. The molecule has 1 aromatic rings. The molecule has 0 bridgehead atoms. The first-order chi connectivity index (χ1) is 4.74. The third kappa shape index (κ3) is 4.22. The highest BCUT2D eigenvalue weighted by Gasteiger charge is 1.94. The molecule has 0 aliphatic rings. The van der Waals surface area contributed by atoms with Crippen molar-refractivity contribution in [3.63, 3.8) is 0 Å². The van der Waals surface area contributed by atoms with Gasteiger partial charge in [0.15, 0.2) is 0 Å². The molecule has 6 heteroatoms. The Morgan fingerprint density at radius 1 is 1.00 bits per heavy atom. The van der Waals surface area contributed by atoms with E-state index in [2.05, 4.69) is 0 Å². The molecule has 0 saturated heterocycles. The zero-order valence-corrected chi connectivity index (χ0v) is 6.77. The highest BCUT2D eigenvalue weighted by Crippen LogP contribution is 2.15. The smallest absolute Gasteiger partial charge is 0.0682 e. The van der Waals surface area contributed by atoms with E-state index < -0.39 is 0 Å². The second-order valence-corrected chi connectivity index (χ2v) is 2.12. The van der Waals surface area contributed by atoms with Crippen LogP contribution in [0.2, 0.25) is 0 Å². The first-order valence-corrected chi connectivity index (χ1v) is 2.99. The van der Waals surface area contributed by atoms with Gasteiger partial charge in [-0.25, -0.2) is 0 Å². The van der Waals surface area contributed by atoms with Gasteiger partial charge in [-0.2, -0.15) is 0 Å². The van der Waals surface area contributed by atoms with Gasteiger partial charge in [-0.3, -0.25) is 14.1 Å². The number of nitrogens with two attached hydrogens (primary N) is 2. The van der Waals surface area contributed by atoms with Gasteiger partial charge in [-0.15, -0.1) is 0 Å². The zero-order chi connectivity index (χ0) is 7.56. The first-order valence-electron chi connectivity index (χ1n) is 2.99. The molecule has 0 unspecified atom stereocenters. The number of hydrogen-bond acceptors (Lipinski definition) is 3. The summed E-state index contributed by atoms with van der Waals surface area (Å²) >= 11 is 0. The number of aliphatic hydroxyl groups excluding tert-OH is 1. The van der Waals surface area contributed by atoms with Crippen molar-refractivity contribution in [2.75, 3.05) is 11.5 Å². The number of rotatable bonds is 1. The number of benzene rings is 1. The van der Waals surface area contributed by atoms with Crippen LogP contribution < -0.4 is 11.5 Å². The molecular weight excluding hydrogens is 185 g/mol. The third-order valence-electron chi connectivity index (χ3n) is 1.33. The molecule has 1 aromatic carbocycles. The van der Waals surface area contributed by atoms with E-state index in [1.165, 1.54) is 0 Å². The number of anilines is 2. The summed E-state index contributed by atoms with van der Waals surface area (Å²) < 4.78 is 0. The van der Waals surface area contributed by atoms with Crippen LogP contribution in [-0.4, -0.2) is 5.11 Å². The standard InChI is InChI=1S/C7H10N2O.3FH/c8-6-2-1-5(4-10)3-7(6)9;;;/h1-3,10H,4,8-9H2;3*1H. The average Bonchev–Trinajstić information content (AvgIpc) is 1.95. The van der Waals surface area contributed by atoms with E-state index in [1.807, 2.05) is 0 Å². The molecule has 0 aliphatic carbocycles. The molecule has 0 aliphatic heterocycles. The lowest BCUT2D eigenvalue weighted by Gasteiger charge is -2.00. The van der Waals surface area contributed by atoms with Gasteiger partial charge >= 0.3 is 0 Å². The predicted molar refractivity (Wildman–Crippen MR) is 48.7 cm³/mol. The van der Waals surface area contributed by atoms with Crippen LogP contribution in [0.5, 0.6) is 0 Å². The van der Waals surface area contributed by atoms with E-state index >= 15 is 0 Å². The summed E-state index contributed by atoms with van der Waals surface area (Å²) in [6, 6.07) is 5.09. The van der Waals surface area contributed by atoms with Crippen molar-refractivity contribution in [2.45, 2.75) is 6.61 Å². The summed E-state index contributed by atoms with van der Waals surface area (Å²) in [5.74, 6) is 0. The molecule has 0 heterocycles. The van der Waals surface area contributed by atoms with Crippen LogP contribution in [0.1, 0.15) is 5.56 Å². The fraction of sp³-hybridized carbons (Fsp3) is 0.143. The van der Waals surface area contributed by atoms with Crippen LogP contribution in [0.3, 0.4) is 0 Å². The Hall–Kier alpha value is -1.43. The van der Waals surface area contributed by atoms with Gasteiger partial charge in [0.2, 0.25) is 0 Å². The maximum absolute atomic E-state index is 8.66. The fourth-order valence-corrected chi connectivity index (χ4v) is 0.723. The third-order valence-corrected chi connectivity index (χ3v) is 1.33. The molecule has 0 amide bonds. The van der Waals surface area contributed by atoms with Crippen molar-refractivity contribution in [1.82, 2.24) is 0 Å². The summed E-state index contributed by atoms with van der Waals surface area (Å²) in [5.41, 5.74) is 12.8. The number of halogens is 3. The zero-order valence-electron chi connectivity index (χ0n) is 6.77. The second-order valence-electron chi connectivity index (χ2n) is 2.12. The van der Waals surface area contributed by atoms with E-state index in [0.717, 1.165) is 5.56 Å². The summed E-state index contributed by atoms with van der Waals surface area (Å²) in [6.45, 7) is 0.00444. The highest BCUT2D eigenvalue weighted by molar-refractivity contribution is 5.63. The van der Waals surface area contributed by atoms with Crippen molar-refractivity contribution in [1.29, 1.82) is 0 Å². The maximum Gasteiger partial charge on any atom is 0.0682 e. The molecule has 5 N–H and O–H groups in total.